The standard InChI is InChI=1S/C22H20ClN3O4/c1-28-15-4-5-17(19(11-15)29-2)22(27)26-12-16-9-13-8-14(23)10-18(20(13)30-16)21-24-6-3-7-25-21/h3-8,10-11,16H,9,12H2,1-2H3,(H,26,27). The van der Waals surface area contributed by atoms with E-state index in [9.17, 15) is 4.79 Å². The number of aromatic nitrogens is 2. The lowest BCUT2D eigenvalue weighted by molar-refractivity contribution is 0.0930. The molecule has 0 fully saturated rings. The number of benzene rings is 2. The number of hydrogen-bond acceptors (Lipinski definition) is 6. The Labute approximate surface area is 179 Å². The lowest BCUT2D eigenvalue weighted by Gasteiger charge is -2.14. The number of hydrogen-bond donors (Lipinski definition) is 1. The first-order valence-electron chi connectivity index (χ1n) is 9.35. The van der Waals surface area contributed by atoms with Crippen LogP contribution >= 0.6 is 11.6 Å². The molecule has 0 bridgehead atoms. The van der Waals surface area contributed by atoms with Gasteiger partial charge in [0.2, 0.25) is 0 Å². The zero-order valence-electron chi connectivity index (χ0n) is 16.5. The van der Waals surface area contributed by atoms with Crippen LogP contribution in [0.5, 0.6) is 17.2 Å². The Morgan fingerprint density at radius 3 is 2.73 bits per heavy atom. The van der Waals surface area contributed by atoms with Crippen molar-refractivity contribution < 1.29 is 19.0 Å². The van der Waals surface area contributed by atoms with Gasteiger partial charge in [0.05, 0.1) is 31.9 Å². The van der Waals surface area contributed by atoms with Gasteiger partial charge < -0.3 is 19.5 Å². The molecule has 2 aromatic carbocycles. The van der Waals surface area contributed by atoms with E-state index in [1.54, 1.807) is 49.8 Å². The van der Waals surface area contributed by atoms with Gasteiger partial charge in [-0.2, -0.15) is 0 Å². The molecule has 1 N–H and O–H groups in total. The molecule has 4 rings (SSSR count). The molecule has 0 spiro atoms. The van der Waals surface area contributed by atoms with E-state index < -0.39 is 0 Å². The first-order chi connectivity index (χ1) is 14.6. The molecule has 1 aliphatic heterocycles. The van der Waals surface area contributed by atoms with E-state index in [1.165, 1.54) is 7.11 Å². The van der Waals surface area contributed by atoms with Crippen molar-refractivity contribution in [3.05, 3.63) is 64.9 Å². The van der Waals surface area contributed by atoms with Gasteiger partial charge in [0.15, 0.2) is 5.82 Å². The lowest BCUT2D eigenvalue weighted by atomic mass is 10.1. The molecule has 1 unspecified atom stereocenters. The topological polar surface area (TPSA) is 82.6 Å². The largest absolute Gasteiger partial charge is 0.497 e. The van der Waals surface area contributed by atoms with E-state index in [4.69, 9.17) is 25.8 Å². The summed E-state index contributed by atoms with van der Waals surface area (Å²) < 4.78 is 16.6. The minimum Gasteiger partial charge on any atom is -0.497 e. The molecule has 30 heavy (non-hydrogen) atoms. The fourth-order valence-electron chi connectivity index (χ4n) is 3.40. The molecule has 2 heterocycles. The van der Waals surface area contributed by atoms with Crippen LogP contribution < -0.4 is 19.5 Å². The monoisotopic (exact) mass is 425 g/mol. The van der Waals surface area contributed by atoms with Crippen molar-refractivity contribution in [3.8, 4) is 28.6 Å². The van der Waals surface area contributed by atoms with Crippen LogP contribution in [-0.2, 0) is 6.42 Å². The molecule has 0 radical (unpaired) electrons. The molecule has 1 atom stereocenters. The Bertz CT molecular complexity index is 1080. The maximum absolute atomic E-state index is 12.7. The number of ether oxygens (including phenoxy) is 3. The molecule has 154 valence electrons. The van der Waals surface area contributed by atoms with Crippen molar-refractivity contribution in [2.24, 2.45) is 0 Å². The summed E-state index contributed by atoms with van der Waals surface area (Å²) in [5.41, 5.74) is 2.13. The molecule has 0 saturated heterocycles. The summed E-state index contributed by atoms with van der Waals surface area (Å²) >= 11 is 6.29. The van der Waals surface area contributed by atoms with Crippen molar-refractivity contribution in [2.75, 3.05) is 20.8 Å². The highest BCUT2D eigenvalue weighted by atomic mass is 35.5. The molecule has 7 nitrogen and oxygen atoms in total. The summed E-state index contributed by atoms with van der Waals surface area (Å²) in [7, 11) is 3.07. The van der Waals surface area contributed by atoms with E-state index in [1.807, 2.05) is 6.07 Å². The molecule has 0 aliphatic carbocycles. The SMILES string of the molecule is COc1ccc(C(=O)NCC2Cc3cc(Cl)cc(-c4ncccn4)c3O2)c(OC)c1. The lowest BCUT2D eigenvalue weighted by Crippen LogP contribution is -2.34. The second kappa shape index (κ2) is 8.59. The van der Waals surface area contributed by atoms with Crippen molar-refractivity contribution in [2.45, 2.75) is 12.5 Å². The molecular formula is C22H20ClN3O4. The van der Waals surface area contributed by atoms with Crippen LogP contribution in [0, 0.1) is 0 Å². The van der Waals surface area contributed by atoms with Crippen LogP contribution in [0.3, 0.4) is 0 Å². The third kappa shape index (κ3) is 4.02. The first kappa shape index (κ1) is 20.0. The Hall–Kier alpha value is -3.32. The number of carbonyl (C=O) groups is 1. The van der Waals surface area contributed by atoms with Gasteiger partial charge in [0, 0.05) is 35.5 Å². The number of amides is 1. The average Bonchev–Trinajstić information content (AvgIpc) is 3.19. The normalized spacial score (nSPS) is 14.6. The minimum atomic E-state index is -0.251. The summed E-state index contributed by atoms with van der Waals surface area (Å²) in [4.78, 5) is 21.3. The van der Waals surface area contributed by atoms with Crippen LogP contribution in [0.1, 0.15) is 15.9 Å². The van der Waals surface area contributed by atoms with Gasteiger partial charge in [-0.3, -0.25) is 4.79 Å². The Morgan fingerprint density at radius 1 is 1.20 bits per heavy atom. The number of nitrogens with one attached hydrogen (secondary N) is 1. The summed E-state index contributed by atoms with van der Waals surface area (Å²) in [5.74, 6) is 2.05. The average molecular weight is 426 g/mol. The summed E-state index contributed by atoms with van der Waals surface area (Å²) in [6.07, 6.45) is 3.74. The van der Waals surface area contributed by atoms with Gasteiger partial charge in [0.25, 0.3) is 5.91 Å². The van der Waals surface area contributed by atoms with Gasteiger partial charge in [-0.25, -0.2) is 9.97 Å². The summed E-state index contributed by atoms with van der Waals surface area (Å²) in [5, 5.41) is 3.50. The summed E-state index contributed by atoms with van der Waals surface area (Å²) in [6, 6.07) is 10.5. The number of fused-ring (bicyclic) bond motifs is 1. The van der Waals surface area contributed by atoms with Crippen LogP contribution in [0.2, 0.25) is 5.02 Å². The predicted octanol–water partition coefficient (Wildman–Crippen LogP) is 3.55. The van der Waals surface area contributed by atoms with Gasteiger partial charge in [-0.05, 0) is 30.3 Å². The van der Waals surface area contributed by atoms with E-state index in [2.05, 4.69) is 15.3 Å². The smallest absolute Gasteiger partial charge is 0.255 e. The highest BCUT2D eigenvalue weighted by molar-refractivity contribution is 6.31. The number of rotatable bonds is 6. The molecule has 1 aromatic heterocycles. The highest BCUT2D eigenvalue weighted by Crippen LogP contribution is 2.39. The Kier molecular flexibility index (Phi) is 5.72. The quantitative estimate of drug-likeness (QED) is 0.650. The number of carbonyl (C=O) groups excluding carboxylic acids is 1. The van der Waals surface area contributed by atoms with E-state index >= 15 is 0 Å². The second-order valence-electron chi connectivity index (χ2n) is 6.73. The van der Waals surface area contributed by atoms with Gasteiger partial charge in [-0.15, -0.1) is 0 Å². The third-order valence-corrected chi connectivity index (χ3v) is 5.03. The highest BCUT2D eigenvalue weighted by Gasteiger charge is 2.28. The maximum atomic E-state index is 12.7. The van der Waals surface area contributed by atoms with Crippen molar-refractivity contribution >= 4 is 17.5 Å². The van der Waals surface area contributed by atoms with Crippen molar-refractivity contribution in [1.82, 2.24) is 15.3 Å². The number of methoxy groups -OCH3 is 2. The number of nitrogens with zero attached hydrogens (tertiary/aromatic N) is 2. The summed E-state index contributed by atoms with van der Waals surface area (Å²) in [6.45, 7) is 0.329. The van der Waals surface area contributed by atoms with Gasteiger partial charge in [0.1, 0.15) is 23.4 Å². The third-order valence-electron chi connectivity index (χ3n) is 4.81. The van der Waals surface area contributed by atoms with Gasteiger partial charge >= 0.3 is 0 Å². The Balaban J connectivity index is 1.48. The molecule has 0 saturated carbocycles. The molecule has 8 heteroatoms. The first-order valence-corrected chi connectivity index (χ1v) is 9.73. The molecule has 1 aliphatic rings. The van der Waals surface area contributed by atoms with Gasteiger partial charge in [-0.1, -0.05) is 11.6 Å². The van der Waals surface area contributed by atoms with E-state index in [0.29, 0.717) is 46.6 Å². The van der Waals surface area contributed by atoms with Crippen molar-refractivity contribution in [1.29, 1.82) is 0 Å². The number of halogens is 1. The Morgan fingerprint density at radius 2 is 2.00 bits per heavy atom. The second-order valence-corrected chi connectivity index (χ2v) is 7.17. The van der Waals surface area contributed by atoms with Crippen LogP contribution in [-0.4, -0.2) is 42.7 Å². The van der Waals surface area contributed by atoms with Crippen molar-refractivity contribution in [3.63, 3.8) is 0 Å². The maximum Gasteiger partial charge on any atom is 0.255 e. The molecule has 3 aromatic rings. The van der Waals surface area contributed by atoms with E-state index in [0.717, 1.165) is 11.1 Å². The fraction of sp³-hybridized carbons (Fsp3) is 0.227. The fourth-order valence-corrected chi connectivity index (χ4v) is 3.64. The van der Waals surface area contributed by atoms with Crippen LogP contribution in [0.15, 0.2) is 48.8 Å². The van der Waals surface area contributed by atoms with Crippen LogP contribution in [0.4, 0.5) is 0 Å². The zero-order chi connectivity index (χ0) is 21.1. The predicted molar refractivity (Wildman–Crippen MR) is 112 cm³/mol. The minimum absolute atomic E-state index is 0.228. The zero-order valence-corrected chi connectivity index (χ0v) is 17.3. The van der Waals surface area contributed by atoms with Crippen LogP contribution in [0.25, 0.3) is 11.4 Å². The van der Waals surface area contributed by atoms with E-state index in [-0.39, 0.29) is 12.0 Å². The molecular weight excluding hydrogens is 406 g/mol. The molecule has 1 amide bonds.